The van der Waals surface area contributed by atoms with E-state index >= 15 is 0 Å². The average Bonchev–Trinajstić information content (AvgIpc) is 3.27. The third-order valence-electron chi connectivity index (χ3n) is 5.94. The van der Waals surface area contributed by atoms with Crippen molar-refractivity contribution < 1.29 is 14.4 Å². The number of nitrogens with one attached hydrogen (secondary N) is 3. The Kier molecular flexibility index (Phi) is 7.52. The zero-order valence-electron chi connectivity index (χ0n) is 18.6. The van der Waals surface area contributed by atoms with Crippen LogP contribution in [0.5, 0.6) is 0 Å². The van der Waals surface area contributed by atoms with Crippen molar-refractivity contribution >= 4 is 17.8 Å². The quantitative estimate of drug-likeness (QED) is 0.435. The smallest absolute Gasteiger partial charge is 0.267 e. The number of ether oxygens (including phenoxy) is 1. The lowest BCUT2D eigenvalue weighted by molar-refractivity contribution is -0.198. The zero-order valence-corrected chi connectivity index (χ0v) is 18.6. The normalized spacial score (nSPS) is 23.3. The zero-order chi connectivity index (χ0) is 22.2. The molecule has 2 aromatic rings. The second-order valence-corrected chi connectivity index (χ2v) is 8.68. The Bertz CT molecular complexity index is 900. The first-order valence-corrected chi connectivity index (χ1v) is 11.4. The molecule has 2 fully saturated rings. The van der Waals surface area contributed by atoms with E-state index in [0.29, 0.717) is 6.61 Å². The lowest BCUT2D eigenvalue weighted by atomic mass is 9.89. The molecule has 1 amide bonds. The molecule has 170 valence electrons. The molecule has 1 unspecified atom stereocenters. The Morgan fingerprint density at radius 3 is 2.84 bits per heavy atom. The molecule has 2 saturated heterocycles. The molecular weight excluding hydrogens is 404 g/mol. The van der Waals surface area contributed by atoms with Gasteiger partial charge in [0.05, 0.1) is 5.54 Å². The largest absolute Gasteiger partial charge is 0.363 e. The number of carbonyl (C=O) groups excluding carboxylic acids is 1. The summed E-state index contributed by atoms with van der Waals surface area (Å²) in [5.74, 6) is 0.510. The third-order valence-corrected chi connectivity index (χ3v) is 5.94. The molecule has 32 heavy (non-hydrogen) atoms. The number of benzene rings is 1. The molecule has 7 heteroatoms. The summed E-state index contributed by atoms with van der Waals surface area (Å²) in [6, 6.07) is 12.6. The number of hydrogen-bond acceptors (Lipinski definition) is 6. The predicted molar refractivity (Wildman–Crippen MR) is 125 cm³/mol. The molecule has 3 N–H and O–H groups in total. The molecule has 7 nitrogen and oxygen atoms in total. The minimum Gasteiger partial charge on any atom is -0.363 e. The van der Waals surface area contributed by atoms with Gasteiger partial charge in [-0.15, -0.1) is 0 Å². The van der Waals surface area contributed by atoms with Gasteiger partial charge in [0.15, 0.2) is 6.29 Å². The van der Waals surface area contributed by atoms with Crippen molar-refractivity contribution in [1.29, 1.82) is 0 Å². The van der Waals surface area contributed by atoms with Gasteiger partial charge in [0.1, 0.15) is 5.82 Å². The number of hydrogen-bond donors (Lipinski definition) is 3. The number of nitrogens with zero attached hydrogens (tertiary/aromatic N) is 1. The number of carbonyl (C=O) groups is 1. The molecule has 0 saturated carbocycles. The van der Waals surface area contributed by atoms with Crippen molar-refractivity contribution in [3.8, 4) is 0 Å². The summed E-state index contributed by atoms with van der Waals surface area (Å²) in [7, 11) is 0. The molecule has 0 spiro atoms. The van der Waals surface area contributed by atoms with Crippen LogP contribution < -0.4 is 16.1 Å². The molecule has 0 bridgehead atoms. The summed E-state index contributed by atoms with van der Waals surface area (Å²) in [4.78, 5) is 21.8. The fourth-order valence-corrected chi connectivity index (χ4v) is 4.13. The monoisotopic (exact) mass is 436 g/mol. The van der Waals surface area contributed by atoms with Crippen LogP contribution >= 0.6 is 0 Å². The molecule has 4 rings (SSSR count). The van der Waals surface area contributed by atoms with Crippen molar-refractivity contribution in [2.75, 3.05) is 25.0 Å². The van der Waals surface area contributed by atoms with Crippen LogP contribution in [0.3, 0.4) is 0 Å². The summed E-state index contributed by atoms with van der Waals surface area (Å²) >= 11 is 0. The highest BCUT2D eigenvalue weighted by molar-refractivity contribution is 5.90. The van der Waals surface area contributed by atoms with Gasteiger partial charge in [-0.05, 0) is 68.5 Å². The van der Waals surface area contributed by atoms with Gasteiger partial charge in [-0.3, -0.25) is 4.79 Å². The van der Waals surface area contributed by atoms with E-state index in [2.05, 4.69) is 52.3 Å². The maximum Gasteiger partial charge on any atom is 0.267 e. The van der Waals surface area contributed by atoms with Crippen LogP contribution in [-0.2, 0) is 20.8 Å². The highest BCUT2D eigenvalue weighted by Gasteiger charge is 2.34. The Balaban J connectivity index is 1.31. The molecule has 0 radical (unpaired) electrons. The number of aromatic nitrogens is 1. The SMILES string of the molecule is Cc1ccc(C[C@@]2(Nc3ccc(C=CC(=O)NOC4CCCCO4)cn3)CCNC2)cc1. The number of pyridine rings is 1. The Hall–Kier alpha value is -2.74. The van der Waals surface area contributed by atoms with E-state index in [1.54, 1.807) is 12.3 Å². The highest BCUT2D eigenvalue weighted by Crippen LogP contribution is 2.25. The number of anilines is 1. The number of aryl methyl sites for hydroxylation is 1. The maximum absolute atomic E-state index is 12.0. The first-order chi connectivity index (χ1) is 15.6. The predicted octanol–water partition coefficient (Wildman–Crippen LogP) is 3.36. The van der Waals surface area contributed by atoms with Crippen molar-refractivity contribution in [3.63, 3.8) is 0 Å². The Labute approximate surface area is 189 Å². The van der Waals surface area contributed by atoms with Crippen LogP contribution in [0.4, 0.5) is 5.82 Å². The highest BCUT2D eigenvalue weighted by atomic mass is 16.8. The lowest BCUT2D eigenvalue weighted by Gasteiger charge is -2.30. The minimum absolute atomic E-state index is 0.0575. The van der Waals surface area contributed by atoms with E-state index in [1.165, 1.54) is 17.2 Å². The summed E-state index contributed by atoms with van der Waals surface area (Å²) in [5, 5.41) is 7.13. The lowest BCUT2D eigenvalue weighted by Crippen LogP contribution is -2.43. The summed E-state index contributed by atoms with van der Waals surface area (Å²) in [6.07, 6.45) is 9.42. The molecule has 2 aliphatic heterocycles. The molecule has 2 aliphatic rings. The van der Waals surface area contributed by atoms with E-state index < -0.39 is 0 Å². The van der Waals surface area contributed by atoms with Crippen molar-refractivity contribution in [2.24, 2.45) is 0 Å². The van der Waals surface area contributed by atoms with Crippen LogP contribution in [0.25, 0.3) is 6.08 Å². The van der Waals surface area contributed by atoms with Crippen LogP contribution in [0.1, 0.15) is 42.4 Å². The molecular formula is C25H32N4O3. The van der Waals surface area contributed by atoms with Gasteiger partial charge >= 0.3 is 0 Å². The molecule has 1 aromatic carbocycles. The first-order valence-electron chi connectivity index (χ1n) is 11.4. The van der Waals surface area contributed by atoms with Crippen LogP contribution in [0.15, 0.2) is 48.7 Å². The van der Waals surface area contributed by atoms with Crippen molar-refractivity contribution in [1.82, 2.24) is 15.8 Å². The average molecular weight is 437 g/mol. The number of amides is 1. The van der Waals surface area contributed by atoms with Gasteiger partial charge in [0.25, 0.3) is 5.91 Å². The minimum atomic E-state index is -0.356. The van der Waals surface area contributed by atoms with E-state index in [0.717, 1.165) is 56.6 Å². The van der Waals surface area contributed by atoms with E-state index in [-0.39, 0.29) is 17.7 Å². The van der Waals surface area contributed by atoms with Gasteiger partial charge in [-0.1, -0.05) is 29.8 Å². The van der Waals surface area contributed by atoms with Crippen LogP contribution in [-0.4, -0.2) is 42.4 Å². The molecule has 3 heterocycles. The number of hydroxylamine groups is 1. The van der Waals surface area contributed by atoms with Gasteiger partial charge < -0.3 is 15.4 Å². The summed E-state index contributed by atoms with van der Waals surface area (Å²) in [6.45, 7) is 4.67. The van der Waals surface area contributed by atoms with Crippen LogP contribution in [0, 0.1) is 6.92 Å². The standard InChI is InChI=1S/C25H32N4O3/c1-19-5-7-20(8-6-19)16-25(13-14-26-18-25)28-22-11-9-21(17-27-22)10-12-23(30)29-32-24-4-2-3-15-31-24/h5-12,17,24,26H,2-4,13-16,18H2,1H3,(H,27,28)(H,29,30)/t24?,25-/m0/s1. The van der Waals surface area contributed by atoms with E-state index in [4.69, 9.17) is 9.57 Å². The summed E-state index contributed by atoms with van der Waals surface area (Å²) in [5.41, 5.74) is 5.80. The van der Waals surface area contributed by atoms with Gasteiger partial charge in [0.2, 0.25) is 0 Å². The van der Waals surface area contributed by atoms with E-state index in [1.807, 2.05) is 12.1 Å². The third kappa shape index (κ3) is 6.38. The van der Waals surface area contributed by atoms with Gasteiger partial charge in [0, 0.05) is 31.8 Å². The van der Waals surface area contributed by atoms with Gasteiger partial charge in [-0.25, -0.2) is 15.3 Å². The van der Waals surface area contributed by atoms with E-state index in [9.17, 15) is 4.79 Å². The maximum atomic E-state index is 12.0. The summed E-state index contributed by atoms with van der Waals surface area (Å²) < 4.78 is 5.43. The molecule has 2 atom stereocenters. The first kappa shape index (κ1) is 22.5. The van der Waals surface area contributed by atoms with Crippen molar-refractivity contribution in [2.45, 2.75) is 50.9 Å². The molecule has 1 aromatic heterocycles. The van der Waals surface area contributed by atoms with Gasteiger partial charge in [-0.2, -0.15) is 0 Å². The second kappa shape index (κ2) is 10.7. The Morgan fingerprint density at radius 2 is 2.16 bits per heavy atom. The fourth-order valence-electron chi connectivity index (χ4n) is 4.13. The fraction of sp³-hybridized carbons (Fsp3) is 0.440. The van der Waals surface area contributed by atoms with Crippen LogP contribution in [0.2, 0.25) is 0 Å². The topological polar surface area (TPSA) is 84.5 Å². The second-order valence-electron chi connectivity index (χ2n) is 8.68. The molecule has 0 aliphatic carbocycles. The van der Waals surface area contributed by atoms with Crippen molar-refractivity contribution in [3.05, 3.63) is 65.4 Å². The number of rotatable bonds is 8. The Morgan fingerprint density at radius 1 is 1.28 bits per heavy atom.